The van der Waals surface area contributed by atoms with E-state index in [2.05, 4.69) is 20.0 Å². The van der Waals surface area contributed by atoms with Crippen molar-refractivity contribution >= 4 is 43.3 Å². The minimum absolute atomic E-state index is 0.0715. The molecule has 0 atom stereocenters. The lowest BCUT2D eigenvalue weighted by Gasteiger charge is -2.24. The standard InChI is InChI=1S/C26H24FN5O5S2/c1-18-16-19(2)29-26(28-18)31-38(34,35)21-14-12-20(13-15-21)30-25(33)17-32(24-11-7-6-10-23(24)27)39(36,37)22-8-4-3-5-9-22/h3-16H,17H2,1-2H3,(H,30,33)(H,28,29,31). The molecule has 10 nitrogen and oxygen atoms in total. The highest BCUT2D eigenvalue weighted by atomic mass is 32.2. The second-order valence-corrected chi connectivity index (χ2v) is 12.0. The molecule has 0 bridgehead atoms. The molecule has 0 aliphatic carbocycles. The third-order valence-electron chi connectivity index (χ3n) is 5.40. The molecule has 0 radical (unpaired) electrons. The van der Waals surface area contributed by atoms with Crippen molar-refractivity contribution in [2.75, 3.05) is 20.9 Å². The maximum absolute atomic E-state index is 14.6. The van der Waals surface area contributed by atoms with Crippen molar-refractivity contribution < 1.29 is 26.0 Å². The number of para-hydroxylation sites is 1. The van der Waals surface area contributed by atoms with Gasteiger partial charge < -0.3 is 5.32 Å². The molecule has 4 rings (SSSR count). The number of aromatic nitrogens is 2. The Morgan fingerprint density at radius 3 is 2.03 bits per heavy atom. The summed E-state index contributed by atoms with van der Waals surface area (Å²) in [6, 6.07) is 19.5. The minimum atomic E-state index is -4.29. The highest BCUT2D eigenvalue weighted by molar-refractivity contribution is 7.93. The average molecular weight is 570 g/mol. The van der Waals surface area contributed by atoms with Crippen LogP contribution in [0, 0.1) is 19.7 Å². The van der Waals surface area contributed by atoms with Crippen molar-refractivity contribution in [1.82, 2.24) is 9.97 Å². The van der Waals surface area contributed by atoms with Gasteiger partial charge in [-0.2, -0.15) is 0 Å². The first-order valence-corrected chi connectivity index (χ1v) is 14.5. The number of carbonyl (C=O) groups excluding carboxylic acids is 1. The fraction of sp³-hybridized carbons (Fsp3) is 0.115. The van der Waals surface area contributed by atoms with Crippen LogP contribution in [0.4, 0.5) is 21.7 Å². The number of sulfonamides is 2. The molecule has 0 saturated carbocycles. The summed E-state index contributed by atoms with van der Waals surface area (Å²) in [5.74, 6) is -1.66. The first-order valence-electron chi connectivity index (χ1n) is 11.5. The van der Waals surface area contributed by atoms with E-state index in [0.29, 0.717) is 15.7 Å². The fourth-order valence-corrected chi connectivity index (χ4v) is 6.07. The summed E-state index contributed by atoms with van der Waals surface area (Å²) in [6.45, 7) is 2.69. The van der Waals surface area contributed by atoms with Crippen LogP contribution < -0.4 is 14.3 Å². The Hall–Kier alpha value is -4.36. The summed E-state index contributed by atoms with van der Waals surface area (Å²) < 4.78 is 69.7. The number of carbonyl (C=O) groups is 1. The van der Waals surface area contributed by atoms with Gasteiger partial charge in [-0.25, -0.2) is 35.9 Å². The van der Waals surface area contributed by atoms with E-state index >= 15 is 0 Å². The Balaban J connectivity index is 1.53. The van der Waals surface area contributed by atoms with Gasteiger partial charge >= 0.3 is 0 Å². The summed E-state index contributed by atoms with van der Waals surface area (Å²) in [4.78, 5) is 20.8. The highest BCUT2D eigenvalue weighted by Crippen LogP contribution is 2.26. The molecule has 4 aromatic rings. The molecule has 1 heterocycles. The highest BCUT2D eigenvalue weighted by Gasteiger charge is 2.29. The molecule has 0 aliphatic rings. The van der Waals surface area contributed by atoms with Crippen LogP contribution in [-0.4, -0.2) is 39.3 Å². The predicted molar refractivity (Wildman–Crippen MR) is 145 cm³/mol. The van der Waals surface area contributed by atoms with E-state index in [9.17, 15) is 26.0 Å². The fourth-order valence-electron chi connectivity index (χ4n) is 3.67. The van der Waals surface area contributed by atoms with E-state index in [1.54, 1.807) is 26.0 Å². The van der Waals surface area contributed by atoms with Crippen molar-refractivity contribution in [3.05, 3.63) is 102 Å². The molecule has 0 saturated heterocycles. The van der Waals surface area contributed by atoms with Crippen LogP contribution >= 0.6 is 0 Å². The summed E-state index contributed by atoms with van der Waals surface area (Å²) in [5.41, 5.74) is 1.10. The van der Waals surface area contributed by atoms with Gasteiger partial charge in [-0.1, -0.05) is 30.3 Å². The normalized spacial score (nSPS) is 11.6. The molecule has 0 spiro atoms. The largest absolute Gasteiger partial charge is 0.325 e. The molecular weight excluding hydrogens is 545 g/mol. The lowest BCUT2D eigenvalue weighted by molar-refractivity contribution is -0.114. The van der Waals surface area contributed by atoms with Crippen molar-refractivity contribution in [2.24, 2.45) is 0 Å². The number of rotatable bonds is 9. The van der Waals surface area contributed by atoms with E-state index in [0.717, 1.165) is 6.07 Å². The van der Waals surface area contributed by atoms with Gasteiger partial charge in [0, 0.05) is 17.1 Å². The van der Waals surface area contributed by atoms with E-state index < -0.39 is 38.3 Å². The smallest absolute Gasteiger partial charge is 0.264 e. The van der Waals surface area contributed by atoms with Gasteiger partial charge in [-0.3, -0.25) is 9.10 Å². The van der Waals surface area contributed by atoms with Crippen LogP contribution in [0.15, 0.2) is 94.7 Å². The Labute approximate surface area is 225 Å². The predicted octanol–water partition coefficient (Wildman–Crippen LogP) is 3.87. The zero-order valence-electron chi connectivity index (χ0n) is 20.9. The number of benzene rings is 3. The SMILES string of the molecule is Cc1cc(C)nc(NS(=O)(=O)c2ccc(NC(=O)CN(c3ccccc3F)S(=O)(=O)c3ccccc3)cc2)n1. The van der Waals surface area contributed by atoms with Crippen LogP contribution in [0.3, 0.4) is 0 Å². The molecule has 0 aliphatic heterocycles. The van der Waals surface area contributed by atoms with Crippen molar-refractivity contribution in [2.45, 2.75) is 23.6 Å². The Kier molecular flexibility index (Phi) is 7.93. The number of halogens is 1. The molecule has 13 heteroatoms. The van der Waals surface area contributed by atoms with Crippen molar-refractivity contribution in [3.8, 4) is 0 Å². The third kappa shape index (κ3) is 6.56. The number of nitrogens with zero attached hydrogens (tertiary/aromatic N) is 3. The zero-order valence-corrected chi connectivity index (χ0v) is 22.5. The average Bonchev–Trinajstić information content (AvgIpc) is 2.88. The second kappa shape index (κ2) is 11.2. The number of amides is 1. The number of hydrogen-bond acceptors (Lipinski definition) is 7. The van der Waals surface area contributed by atoms with E-state index in [4.69, 9.17) is 0 Å². The van der Waals surface area contributed by atoms with Crippen LogP contribution in [-0.2, 0) is 24.8 Å². The summed E-state index contributed by atoms with van der Waals surface area (Å²) in [5, 5.41) is 2.52. The number of nitrogens with one attached hydrogen (secondary N) is 2. The van der Waals surface area contributed by atoms with Crippen LogP contribution in [0.25, 0.3) is 0 Å². The van der Waals surface area contributed by atoms with E-state index in [1.165, 1.54) is 66.7 Å². The zero-order chi connectivity index (χ0) is 28.2. The Morgan fingerprint density at radius 1 is 0.821 bits per heavy atom. The van der Waals surface area contributed by atoms with Gasteiger partial charge in [-0.15, -0.1) is 0 Å². The molecule has 1 aromatic heterocycles. The Morgan fingerprint density at radius 2 is 1.41 bits per heavy atom. The molecule has 3 aromatic carbocycles. The molecule has 39 heavy (non-hydrogen) atoms. The molecular formula is C26H24FN5O5S2. The lowest BCUT2D eigenvalue weighted by Crippen LogP contribution is -2.38. The van der Waals surface area contributed by atoms with Gasteiger partial charge in [0.05, 0.1) is 15.5 Å². The minimum Gasteiger partial charge on any atom is -0.325 e. The molecule has 202 valence electrons. The quantitative estimate of drug-likeness (QED) is 0.312. The van der Waals surface area contributed by atoms with Gasteiger partial charge in [0.1, 0.15) is 12.4 Å². The van der Waals surface area contributed by atoms with Crippen LogP contribution in [0.5, 0.6) is 0 Å². The molecule has 0 unspecified atom stereocenters. The van der Waals surface area contributed by atoms with Crippen molar-refractivity contribution in [1.29, 1.82) is 0 Å². The number of anilines is 3. The van der Waals surface area contributed by atoms with Crippen LogP contribution in [0.2, 0.25) is 0 Å². The van der Waals surface area contributed by atoms with E-state index in [-0.39, 0.29) is 27.1 Å². The molecule has 1 amide bonds. The summed E-state index contributed by atoms with van der Waals surface area (Å²) in [6.07, 6.45) is 0. The van der Waals surface area contributed by atoms with Gasteiger partial charge in [0.2, 0.25) is 11.9 Å². The topological polar surface area (TPSA) is 138 Å². The number of aryl methyl sites for hydroxylation is 2. The molecule has 2 N–H and O–H groups in total. The third-order valence-corrected chi connectivity index (χ3v) is 8.51. The summed E-state index contributed by atoms with van der Waals surface area (Å²) in [7, 11) is -8.31. The van der Waals surface area contributed by atoms with Crippen LogP contribution in [0.1, 0.15) is 11.4 Å². The van der Waals surface area contributed by atoms with Gasteiger partial charge in [0.25, 0.3) is 20.0 Å². The number of hydrogen-bond donors (Lipinski definition) is 2. The van der Waals surface area contributed by atoms with Gasteiger partial charge in [0.15, 0.2) is 0 Å². The maximum Gasteiger partial charge on any atom is 0.264 e. The first kappa shape index (κ1) is 27.7. The monoisotopic (exact) mass is 569 g/mol. The van der Waals surface area contributed by atoms with E-state index in [1.807, 2.05) is 0 Å². The maximum atomic E-state index is 14.6. The Bertz CT molecular complexity index is 1700. The second-order valence-electron chi connectivity index (χ2n) is 8.43. The van der Waals surface area contributed by atoms with Crippen molar-refractivity contribution in [3.63, 3.8) is 0 Å². The summed E-state index contributed by atoms with van der Waals surface area (Å²) >= 11 is 0. The lowest BCUT2D eigenvalue weighted by atomic mass is 10.3. The van der Waals surface area contributed by atoms with Gasteiger partial charge in [-0.05, 0) is 68.4 Å². The first-order chi connectivity index (χ1) is 18.5. The molecule has 0 fully saturated rings.